The smallest absolute Gasteiger partial charge is 0.231 e. The van der Waals surface area contributed by atoms with E-state index in [0.717, 1.165) is 33.4 Å². The highest BCUT2D eigenvalue weighted by atomic mass is 32.2. The summed E-state index contributed by atoms with van der Waals surface area (Å²) in [6, 6.07) is 3.89. The van der Waals surface area contributed by atoms with E-state index in [1.54, 1.807) is 11.8 Å². The summed E-state index contributed by atoms with van der Waals surface area (Å²) in [7, 11) is 2.00. The molecule has 0 atom stereocenters. The molecule has 0 aliphatic carbocycles. The fourth-order valence-corrected chi connectivity index (χ4v) is 2.59. The molecule has 0 amide bonds. The summed E-state index contributed by atoms with van der Waals surface area (Å²) in [5.41, 5.74) is 7.48. The number of imidazole rings is 1. The molecule has 3 rings (SSSR count). The molecule has 0 unspecified atom stereocenters. The molecule has 1 aromatic heterocycles. The van der Waals surface area contributed by atoms with Crippen molar-refractivity contribution in [1.82, 2.24) is 9.55 Å². The van der Waals surface area contributed by atoms with Gasteiger partial charge < -0.3 is 19.8 Å². The Labute approximate surface area is 103 Å². The zero-order chi connectivity index (χ0) is 11.8. The van der Waals surface area contributed by atoms with E-state index in [1.807, 2.05) is 19.2 Å². The van der Waals surface area contributed by atoms with Crippen LogP contribution in [0.5, 0.6) is 11.5 Å². The summed E-state index contributed by atoms with van der Waals surface area (Å²) in [6.07, 6.45) is 0. The van der Waals surface area contributed by atoms with Gasteiger partial charge in [-0.3, -0.25) is 0 Å². The molecule has 0 radical (unpaired) electrons. The van der Waals surface area contributed by atoms with Crippen molar-refractivity contribution in [2.75, 3.05) is 19.1 Å². The van der Waals surface area contributed by atoms with Gasteiger partial charge in [-0.15, -0.1) is 0 Å². The minimum absolute atomic E-state index is 0.292. The Morgan fingerprint density at radius 1 is 1.41 bits per heavy atom. The Bertz CT molecular complexity index is 567. The maximum absolute atomic E-state index is 5.50. The topological polar surface area (TPSA) is 62.3 Å². The van der Waals surface area contributed by atoms with Crippen LogP contribution in [0.2, 0.25) is 0 Å². The number of hydrogen-bond acceptors (Lipinski definition) is 5. The molecule has 1 aliphatic rings. The van der Waals surface area contributed by atoms with Crippen molar-refractivity contribution in [3.8, 4) is 11.5 Å². The van der Waals surface area contributed by atoms with Crippen molar-refractivity contribution in [2.45, 2.75) is 5.16 Å². The number of thioether (sulfide) groups is 1. The van der Waals surface area contributed by atoms with E-state index in [9.17, 15) is 0 Å². The van der Waals surface area contributed by atoms with Gasteiger partial charge in [0.1, 0.15) is 0 Å². The Morgan fingerprint density at radius 2 is 2.18 bits per heavy atom. The second-order valence-electron chi connectivity index (χ2n) is 3.78. The standard InChI is InChI=1S/C11H13N3O2S/c1-14-8-5-10-9(15-6-16-10)4-7(8)13-11(14)17-3-2-12/h4-5H,2-3,6,12H2,1H3. The summed E-state index contributed by atoms with van der Waals surface area (Å²) in [6.45, 7) is 0.941. The Morgan fingerprint density at radius 3 is 2.94 bits per heavy atom. The number of aromatic nitrogens is 2. The lowest BCUT2D eigenvalue weighted by atomic mass is 10.3. The molecule has 17 heavy (non-hydrogen) atoms. The van der Waals surface area contributed by atoms with Crippen molar-refractivity contribution >= 4 is 22.8 Å². The Hall–Kier alpha value is -1.40. The largest absolute Gasteiger partial charge is 0.454 e. The SMILES string of the molecule is Cn1c(SCCN)nc2cc3c(cc21)OCO3. The highest BCUT2D eigenvalue weighted by Crippen LogP contribution is 2.36. The maximum atomic E-state index is 5.50. The van der Waals surface area contributed by atoms with Crippen LogP contribution < -0.4 is 15.2 Å². The summed E-state index contributed by atoms with van der Waals surface area (Å²) in [5.74, 6) is 2.42. The fraction of sp³-hybridized carbons (Fsp3) is 0.364. The highest BCUT2D eigenvalue weighted by Gasteiger charge is 2.17. The highest BCUT2D eigenvalue weighted by molar-refractivity contribution is 7.99. The van der Waals surface area contributed by atoms with Crippen molar-refractivity contribution in [1.29, 1.82) is 0 Å². The third-order valence-electron chi connectivity index (χ3n) is 2.68. The van der Waals surface area contributed by atoms with Gasteiger partial charge in [-0.1, -0.05) is 11.8 Å². The lowest BCUT2D eigenvalue weighted by Crippen LogP contribution is -2.02. The average molecular weight is 251 g/mol. The predicted octanol–water partition coefficient (Wildman–Crippen LogP) is 1.35. The number of nitrogens with two attached hydrogens (primary N) is 1. The molecular formula is C11H13N3O2S. The molecule has 2 N–H and O–H groups in total. The van der Waals surface area contributed by atoms with Crippen LogP contribution >= 0.6 is 11.8 Å². The van der Waals surface area contributed by atoms with Crippen LogP contribution in [0.1, 0.15) is 0 Å². The van der Waals surface area contributed by atoms with Gasteiger partial charge in [0.2, 0.25) is 6.79 Å². The molecule has 0 saturated carbocycles. The third kappa shape index (κ3) is 1.73. The van der Waals surface area contributed by atoms with Gasteiger partial charge in [0.05, 0.1) is 11.0 Å². The number of rotatable bonds is 3. The van der Waals surface area contributed by atoms with Gasteiger partial charge >= 0.3 is 0 Å². The predicted molar refractivity (Wildman–Crippen MR) is 66.6 cm³/mol. The van der Waals surface area contributed by atoms with E-state index in [2.05, 4.69) is 9.55 Å². The molecule has 1 aliphatic heterocycles. The van der Waals surface area contributed by atoms with E-state index in [1.165, 1.54) is 0 Å². The van der Waals surface area contributed by atoms with Crippen LogP contribution in [0.4, 0.5) is 0 Å². The normalized spacial score (nSPS) is 13.5. The number of ether oxygens (including phenoxy) is 2. The Kier molecular flexibility index (Phi) is 2.60. The lowest BCUT2D eigenvalue weighted by Gasteiger charge is -2.00. The first-order chi connectivity index (χ1) is 8.29. The van der Waals surface area contributed by atoms with Gasteiger partial charge in [0.25, 0.3) is 0 Å². The van der Waals surface area contributed by atoms with Crippen LogP contribution in [0.3, 0.4) is 0 Å². The Balaban J connectivity index is 2.07. The number of benzene rings is 1. The van der Waals surface area contributed by atoms with Gasteiger partial charge in [-0.25, -0.2) is 4.98 Å². The van der Waals surface area contributed by atoms with Gasteiger partial charge in [0, 0.05) is 31.5 Å². The van der Waals surface area contributed by atoms with E-state index in [0.29, 0.717) is 13.3 Å². The minimum Gasteiger partial charge on any atom is -0.454 e. The second kappa shape index (κ2) is 4.12. The first-order valence-corrected chi connectivity index (χ1v) is 6.37. The molecule has 5 nitrogen and oxygen atoms in total. The van der Waals surface area contributed by atoms with Crippen LogP contribution in [0.25, 0.3) is 11.0 Å². The van der Waals surface area contributed by atoms with Crippen LogP contribution in [0.15, 0.2) is 17.3 Å². The van der Waals surface area contributed by atoms with Gasteiger partial charge in [-0.2, -0.15) is 0 Å². The molecule has 0 saturated heterocycles. The summed E-state index contributed by atoms with van der Waals surface area (Å²) >= 11 is 1.66. The minimum atomic E-state index is 0.292. The molecule has 0 spiro atoms. The zero-order valence-corrected chi connectivity index (χ0v) is 10.3. The quantitative estimate of drug-likeness (QED) is 0.834. The van der Waals surface area contributed by atoms with E-state index < -0.39 is 0 Å². The first kappa shape index (κ1) is 10.7. The van der Waals surface area contributed by atoms with Gasteiger partial charge in [0.15, 0.2) is 16.7 Å². The zero-order valence-electron chi connectivity index (χ0n) is 9.47. The monoisotopic (exact) mass is 251 g/mol. The molecule has 6 heteroatoms. The molecular weight excluding hydrogens is 238 g/mol. The number of nitrogens with zero attached hydrogens (tertiary/aromatic N) is 2. The van der Waals surface area contributed by atoms with E-state index in [4.69, 9.17) is 15.2 Å². The van der Waals surface area contributed by atoms with Crippen LogP contribution in [0, 0.1) is 0 Å². The fourth-order valence-electron chi connectivity index (χ4n) is 1.84. The molecule has 2 aromatic rings. The number of hydrogen-bond donors (Lipinski definition) is 1. The molecule has 90 valence electrons. The summed E-state index contributed by atoms with van der Waals surface area (Å²) in [4.78, 5) is 4.56. The average Bonchev–Trinajstić information content (AvgIpc) is 2.89. The first-order valence-electron chi connectivity index (χ1n) is 5.38. The maximum Gasteiger partial charge on any atom is 0.231 e. The van der Waals surface area contributed by atoms with E-state index in [-0.39, 0.29) is 0 Å². The second-order valence-corrected chi connectivity index (χ2v) is 4.85. The van der Waals surface area contributed by atoms with Crippen molar-refractivity contribution in [3.63, 3.8) is 0 Å². The van der Waals surface area contributed by atoms with E-state index >= 15 is 0 Å². The molecule has 1 aromatic carbocycles. The summed E-state index contributed by atoms with van der Waals surface area (Å²) < 4.78 is 12.8. The van der Waals surface area contributed by atoms with Crippen molar-refractivity contribution in [3.05, 3.63) is 12.1 Å². The van der Waals surface area contributed by atoms with Crippen molar-refractivity contribution < 1.29 is 9.47 Å². The van der Waals surface area contributed by atoms with Crippen LogP contribution in [-0.2, 0) is 7.05 Å². The summed E-state index contributed by atoms with van der Waals surface area (Å²) in [5, 5.41) is 0.967. The number of fused-ring (bicyclic) bond motifs is 2. The van der Waals surface area contributed by atoms with Crippen LogP contribution in [-0.4, -0.2) is 28.6 Å². The molecule has 0 bridgehead atoms. The molecule has 2 heterocycles. The van der Waals surface area contributed by atoms with Gasteiger partial charge in [-0.05, 0) is 0 Å². The number of aryl methyl sites for hydroxylation is 1. The third-order valence-corrected chi connectivity index (χ3v) is 3.75. The lowest BCUT2D eigenvalue weighted by molar-refractivity contribution is 0.174. The van der Waals surface area contributed by atoms with Crippen molar-refractivity contribution in [2.24, 2.45) is 12.8 Å². The molecule has 0 fully saturated rings.